The number of hydrogen-bond acceptors (Lipinski definition) is 4. The molecule has 2 heterocycles. The molecule has 0 radical (unpaired) electrons. The van der Waals surface area contributed by atoms with E-state index < -0.39 is 0 Å². The van der Waals surface area contributed by atoms with Crippen molar-refractivity contribution in [2.45, 2.75) is 0 Å². The summed E-state index contributed by atoms with van der Waals surface area (Å²) in [6, 6.07) is 5.16. The Morgan fingerprint density at radius 1 is 1.40 bits per heavy atom. The minimum atomic E-state index is 0.104. The van der Waals surface area contributed by atoms with Crippen LogP contribution in [0.15, 0.2) is 22.6 Å². The number of phenols is 1. The summed E-state index contributed by atoms with van der Waals surface area (Å²) < 4.78 is 7.03. The lowest BCUT2D eigenvalue weighted by atomic mass is 10.2. The number of aromatic nitrogens is 2. The molecule has 3 N–H and O–H groups in total. The van der Waals surface area contributed by atoms with Gasteiger partial charge in [0.15, 0.2) is 22.7 Å². The van der Waals surface area contributed by atoms with E-state index in [4.69, 9.17) is 10.2 Å². The first-order valence-electron chi connectivity index (χ1n) is 4.51. The maximum absolute atomic E-state index is 9.58. The van der Waals surface area contributed by atoms with Gasteiger partial charge in [-0.05, 0) is 12.1 Å². The monoisotopic (exact) mass is 203 g/mol. The van der Waals surface area contributed by atoms with Crippen molar-refractivity contribution in [1.82, 2.24) is 9.78 Å². The van der Waals surface area contributed by atoms with Gasteiger partial charge in [-0.2, -0.15) is 5.10 Å². The van der Waals surface area contributed by atoms with Gasteiger partial charge in [0.2, 0.25) is 0 Å². The third-order valence-electron chi connectivity index (χ3n) is 2.50. The van der Waals surface area contributed by atoms with Gasteiger partial charge in [0, 0.05) is 7.05 Å². The van der Waals surface area contributed by atoms with E-state index in [2.05, 4.69) is 5.10 Å². The Kier molecular flexibility index (Phi) is 1.33. The summed E-state index contributed by atoms with van der Waals surface area (Å²) in [4.78, 5) is 0. The van der Waals surface area contributed by atoms with Crippen molar-refractivity contribution in [1.29, 1.82) is 0 Å². The summed E-state index contributed by atoms with van der Waals surface area (Å²) in [5.41, 5.74) is 7.41. The van der Waals surface area contributed by atoms with Crippen molar-refractivity contribution in [2.75, 3.05) is 5.73 Å². The Hall–Kier alpha value is -2.17. The van der Waals surface area contributed by atoms with Crippen LogP contribution in [-0.4, -0.2) is 14.9 Å². The molecule has 2 aromatic heterocycles. The molecule has 0 aliphatic carbocycles. The maximum atomic E-state index is 9.58. The van der Waals surface area contributed by atoms with Gasteiger partial charge in [-0.3, -0.25) is 0 Å². The van der Waals surface area contributed by atoms with Gasteiger partial charge in [-0.25, -0.2) is 4.68 Å². The molecular formula is C10H9N3O2. The van der Waals surface area contributed by atoms with E-state index in [0.717, 1.165) is 5.39 Å². The molecule has 0 saturated heterocycles. The molecule has 0 fully saturated rings. The molecular weight excluding hydrogens is 194 g/mol. The zero-order valence-electron chi connectivity index (χ0n) is 8.06. The molecule has 5 heteroatoms. The molecule has 0 aliphatic rings. The number of nitrogens with zero attached hydrogens (tertiary/aromatic N) is 2. The highest BCUT2D eigenvalue weighted by Crippen LogP contribution is 2.35. The number of aryl methyl sites for hydroxylation is 1. The van der Waals surface area contributed by atoms with Crippen LogP contribution in [0.1, 0.15) is 0 Å². The Balaban J connectivity index is 2.60. The minimum Gasteiger partial charge on any atom is -0.504 e. The van der Waals surface area contributed by atoms with E-state index in [1.165, 1.54) is 0 Å². The van der Waals surface area contributed by atoms with Gasteiger partial charge in [0.05, 0.1) is 5.39 Å². The van der Waals surface area contributed by atoms with Crippen molar-refractivity contribution in [2.24, 2.45) is 7.05 Å². The average Bonchev–Trinajstić information content (AvgIpc) is 2.69. The topological polar surface area (TPSA) is 77.2 Å². The number of aromatic hydroxyl groups is 1. The lowest BCUT2D eigenvalue weighted by Crippen LogP contribution is -1.96. The SMILES string of the molecule is Cn1nc2c(oc3c(O)cccc32)c1N. The summed E-state index contributed by atoms with van der Waals surface area (Å²) in [7, 11) is 1.75. The van der Waals surface area contributed by atoms with Crippen LogP contribution >= 0.6 is 0 Å². The number of benzene rings is 1. The minimum absolute atomic E-state index is 0.104. The second kappa shape index (κ2) is 2.44. The Morgan fingerprint density at radius 3 is 3.00 bits per heavy atom. The first kappa shape index (κ1) is 8.16. The lowest BCUT2D eigenvalue weighted by molar-refractivity contribution is 0.469. The van der Waals surface area contributed by atoms with Crippen molar-refractivity contribution < 1.29 is 9.52 Å². The number of phenolic OH excluding ortho intramolecular Hbond substituents is 1. The zero-order valence-corrected chi connectivity index (χ0v) is 8.06. The van der Waals surface area contributed by atoms with Crippen molar-refractivity contribution in [3.63, 3.8) is 0 Å². The Bertz CT molecular complexity index is 666. The van der Waals surface area contributed by atoms with Crippen LogP contribution in [0.2, 0.25) is 0 Å². The number of nitrogen functional groups attached to an aromatic ring is 1. The quantitative estimate of drug-likeness (QED) is 0.581. The highest BCUT2D eigenvalue weighted by molar-refractivity contribution is 6.07. The fraction of sp³-hybridized carbons (Fsp3) is 0.100. The van der Waals surface area contributed by atoms with Crippen LogP contribution in [-0.2, 0) is 7.05 Å². The number of nitrogens with two attached hydrogens (primary N) is 1. The van der Waals surface area contributed by atoms with E-state index >= 15 is 0 Å². The maximum Gasteiger partial charge on any atom is 0.197 e. The van der Waals surface area contributed by atoms with E-state index in [9.17, 15) is 5.11 Å². The average molecular weight is 203 g/mol. The molecule has 1 aromatic carbocycles. The smallest absolute Gasteiger partial charge is 0.197 e. The molecule has 0 atom stereocenters. The summed E-state index contributed by atoms with van der Waals surface area (Å²) in [5.74, 6) is 0.563. The number of para-hydroxylation sites is 1. The van der Waals surface area contributed by atoms with E-state index in [0.29, 0.717) is 22.5 Å². The van der Waals surface area contributed by atoms with E-state index in [1.54, 1.807) is 23.9 Å². The standard InChI is InChI=1S/C10H9N3O2/c1-13-10(11)9-7(12-13)5-3-2-4-6(14)8(5)15-9/h2-4,14H,11H2,1H3. The van der Waals surface area contributed by atoms with Crippen LogP contribution in [0.5, 0.6) is 5.75 Å². The van der Waals surface area contributed by atoms with Crippen LogP contribution in [0, 0.1) is 0 Å². The van der Waals surface area contributed by atoms with Crippen molar-refractivity contribution in [3.8, 4) is 5.75 Å². The number of fused-ring (bicyclic) bond motifs is 3. The Labute approximate surface area is 84.7 Å². The van der Waals surface area contributed by atoms with Gasteiger partial charge in [0.25, 0.3) is 0 Å². The molecule has 0 amide bonds. The van der Waals surface area contributed by atoms with Gasteiger partial charge in [-0.1, -0.05) is 6.07 Å². The molecule has 5 nitrogen and oxygen atoms in total. The third-order valence-corrected chi connectivity index (χ3v) is 2.50. The van der Waals surface area contributed by atoms with Crippen LogP contribution < -0.4 is 5.73 Å². The summed E-state index contributed by atoms with van der Waals surface area (Å²) in [6.45, 7) is 0. The fourth-order valence-corrected chi connectivity index (χ4v) is 1.71. The molecule has 15 heavy (non-hydrogen) atoms. The van der Waals surface area contributed by atoms with Gasteiger partial charge in [0.1, 0.15) is 5.52 Å². The summed E-state index contributed by atoms with van der Waals surface area (Å²) in [6.07, 6.45) is 0. The lowest BCUT2D eigenvalue weighted by Gasteiger charge is -1.93. The number of furan rings is 1. The largest absolute Gasteiger partial charge is 0.504 e. The zero-order chi connectivity index (χ0) is 10.6. The predicted molar refractivity (Wildman–Crippen MR) is 56.6 cm³/mol. The molecule has 0 saturated carbocycles. The molecule has 3 aromatic rings. The highest BCUT2D eigenvalue weighted by Gasteiger charge is 2.16. The van der Waals surface area contributed by atoms with Gasteiger partial charge >= 0.3 is 0 Å². The number of rotatable bonds is 0. The van der Waals surface area contributed by atoms with Crippen LogP contribution in [0.25, 0.3) is 22.1 Å². The van der Waals surface area contributed by atoms with Gasteiger partial charge < -0.3 is 15.3 Å². The van der Waals surface area contributed by atoms with Crippen LogP contribution in [0.4, 0.5) is 5.82 Å². The molecule has 0 spiro atoms. The van der Waals surface area contributed by atoms with Crippen LogP contribution in [0.3, 0.4) is 0 Å². The molecule has 0 bridgehead atoms. The molecule has 76 valence electrons. The Morgan fingerprint density at radius 2 is 2.20 bits per heavy atom. The fourth-order valence-electron chi connectivity index (χ4n) is 1.71. The van der Waals surface area contributed by atoms with E-state index in [1.807, 2.05) is 6.07 Å². The molecule has 0 aliphatic heterocycles. The van der Waals surface area contributed by atoms with Crippen molar-refractivity contribution >= 4 is 27.9 Å². The highest BCUT2D eigenvalue weighted by atomic mass is 16.4. The number of hydrogen-bond donors (Lipinski definition) is 2. The second-order valence-corrected chi connectivity index (χ2v) is 3.44. The normalized spacial score (nSPS) is 11.5. The number of anilines is 1. The summed E-state index contributed by atoms with van der Waals surface area (Å²) in [5, 5.41) is 14.6. The molecule has 0 unspecified atom stereocenters. The van der Waals surface area contributed by atoms with Gasteiger partial charge in [-0.15, -0.1) is 0 Å². The summed E-state index contributed by atoms with van der Waals surface area (Å²) >= 11 is 0. The third kappa shape index (κ3) is 0.890. The predicted octanol–water partition coefficient (Wildman–Crippen LogP) is 1.61. The second-order valence-electron chi connectivity index (χ2n) is 3.44. The van der Waals surface area contributed by atoms with E-state index in [-0.39, 0.29) is 5.75 Å². The molecule has 3 rings (SSSR count). The first-order chi connectivity index (χ1) is 7.18. The van der Waals surface area contributed by atoms with Crippen molar-refractivity contribution in [3.05, 3.63) is 18.2 Å². The first-order valence-corrected chi connectivity index (χ1v) is 4.51.